The van der Waals surface area contributed by atoms with E-state index < -0.39 is 20.9 Å². The van der Waals surface area contributed by atoms with Crippen LogP contribution in [0.4, 0.5) is 5.69 Å². The van der Waals surface area contributed by atoms with E-state index in [4.69, 9.17) is 4.74 Å². The Labute approximate surface area is 191 Å². The Morgan fingerprint density at radius 2 is 1.97 bits per heavy atom. The highest BCUT2D eigenvalue weighted by molar-refractivity contribution is 7.89. The minimum atomic E-state index is -3.61. The zero-order valence-electron chi connectivity index (χ0n) is 18.5. The Morgan fingerprint density at radius 1 is 1.24 bits per heavy atom. The van der Waals surface area contributed by atoms with Crippen LogP contribution in [-0.4, -0.2) is 47.3 Å². The highest BCUT2D eigenvalue weighted by Gasteiger charge is 2.20. The number of fused-ring (bicyclic) bond motifs is 1. The van der Waals surface area contributed by atoms with Gasteiger partial charge in [0.25, 0.3) is 5.69 Å². The van der Waals surface area contributed by atoms with Gasteiger partial charge in [-0.25, -0.2) is 22.5 Å². The highest BCUT2D eigenvalue weighted by Crippen LogP contribution is 2.23. The van der Waals surface area contributed by atoms with Crippen LogP contribution in [0.3, 0.4) is 0 Å². The molecule has 1 aromatic heterocycles. The molecule has 0 bridgehead atoms. The number of para-hydroxylation sites is 1. The second-order valence-electron chi connectivity index (χ2n) is 7.37. The molecule has 0 atom stereocenters. The summed E-state index contributed by atoms with van der Waals surface area (Å²) < 4.78 is 33.2. The molecule has 0 aliphatic rings. The average molecular weight is 473 g/mol. The first-order valence-corrected chi connectivity index (χ1v) is 11.6. The van der Waals surface area contributed by atoms with Crippen molar-refractivity contribution in [3.05, 3.63) is 70.0 Å². The molecule has 0 saturated carbocycles. The fourth-order valence-corrected chi connectivity index (χ4v) is 4.17. The molecule has 0 unspecified atom stereocenters. The number of benzene rings is 2. The molecular formula is C22H24N4O6S. The minimum absolute atomic E-state index is 0.116. The van der Waals surface area contributed by atoms with Crippen molar-refractivity contribution < 1.29 is 22.9 Å². The van der Waals surface area contributed by atoms with Gasteiger partial charge in [0.15, 0.2) is 0 Å². The molecule has 0 N–H and O–H groups in total. The molecule has 2 aromatic carbocycles. The molecule has 0 amide bonds. The number of imidazole rings is 1. The summed E-state index contributed by atoms with van der Waals surface area (Å²) in [6, 6.07) is 10.8. The van der Waals surface area contributed by atoms with Gasteiger partial charge in [-0.15, -0.1) is 0 Å². The van der Waals surface area contributed by atoms with Crippen molar-refractivity contribution in [2.24, 2.45) is 0 Å². The molecule has 11 heteroatoms. The number of aryl methyl sites for hydroxylation is 1. The second kappa shape index (κ2) is 9.92. The molecule has 0 radical (unpaired) electrons. The lowest BCUT2D eigenvalue weighted by Gasteiger charge is -2.11. The summed E-state index contributed by atoms with van der Waals surface area (Å²) in [5.41, 5.74) is 1.38. The Balaban J connectivity index is 1.83. The number of ether oxygens (including phenoxy) is 1. The van der Waals surface area contributed by atoms with Gasteiger partial charge in [-0.1, -0.05) is 19.1 Å². The molecule has 0 saturated heterocycles. The minimum Gasteiger partial charge on any atom is -0.454 e. The number of rotatable bonds is 9. The van der Waals surface area contributed by atoms with Crippen molar-refractivity contribution in [2.45, 2.75) is 31.4 Å². The van der Waals surface area contributed by atoms with Crippen molar-refractivity contribution in [1.29, 1.82) is 0 Å². The molecule has 174 valence electrons. The van der Waals surface area contributed by atoms with E-state index in [1.165, 1.54) is 44.4 Å². The third-order valence-corrected chi connectivity index (χ3v) is 6.71. The molecular weight excluding hydrogens is 448 g/mol. The Bertz CT molecular complexity index is 1330. The summed E-state index contributed by atoms with van der Waals surface area (Å²) in [6.07, 6.45) is 3.24. The van der Waals surface area contributed by atoms with Gasteiger partial charge in [-0.3, -0.25) is 10.1 Å². The van der Waals surface area contributed by atoms with Crippen LogP contribution in [0.15, 0.2) is 53.4 Å². The first-order chi connectivity index (χ1) is 15.6. The number of carbonyl (C=O) groups excluding carboxylic acids is 1. The fourth-order valence-electron chi connectivity index (χ4n) is 3.25. The van der Waals surface area contributed by atoms with Crippen molar-refractivity contribution in [1.82, 2.24) is 13.9 Å². The maximum absolute atomic E-state index is 12.4. The Morgan fingerprint density at radius 3 is 2.64 bits per heavy atom. The van der Waals surface area contributed by atoms with E-state index in [0.717, 1.165) is 22.3 Å². The van der Waals surface area contributed by atoms with Gasteiger partial charge in [0, 0.05) is 32.8 Å². The molecule has 33 heavy (non-hydrogen) atoms. The summed E-state index contributed by atoms with van der Waals surface area (Å²) in [5, 5.41) is 11.1. The SMILES string of the molecule is CCCn1c(COC(=O)/C=C/c2ccccc2[N+](=O)[O-])nc2cc(S(=O)(=O)N(C)C)ccc21. The molecule has 3 aromatic rings. The lowest BCUT2D eigenvalue weighted by Crippen LogP contribution is -2.22. The summed E-state index contributed by atoms with van der Waals surface area (Å²) >= 11 is 0. The number of esters is 1. The number of hydrogen-bond acceptors (Lipinski definition) is 7. The zero-order valence-corrected chi connectivity index (χ0v) is 19.3. The summed E-state index contributed by atoms with van der Waals surface area (Å²) in [7, 11) is -0.700. The first-order valence-electron chi connectivity index (χ1n) is 10.1. The highest BCUT2D eigenvalue weighted by atomic mass is 32.2. The molecule has 0 aliphatic heterocycles. The van der Waals surface area contributed by atoms with Crippen LogP contribution in [0.2, 0.25) is 0 Å². The number of carbonyl (C=O) groups is 1. The van der Waals surface area contributed by atoms with Gasteiger partial charge in [0.05, 0.1) is 26.4 Å². The van der Waals surface area contributed by atoms with Crippen LogP contribution in [-0.2, 0) is 32.7 Å². The topological polar surface area (TPSA) is 125 Å². The third-order valence-electron chi connectivity index (χ3n) is 4.90. The normalized spacial score (nSPS) is 12.0. The van der Waals surface area contributed by atoms with Gasteiger partial charge in [-0.05, 0) is 36.8 Å². The maximum Gasteiger partial charge on any atom is 0.331 e. The van der Waals surface area contributed by atoms with Gasteiger partial charge in [0.1, 0.15) is 12.4 Å². The predicted octanol–water partition coefficient (Wildman–Crippen LogP) is 3.36. The summed E-state index contributed by atoms with van der Waals surface area (Å²) in [5.74, 6) is -0.210. The fraction of sp³-hybridized carbons (Fsp3) is 0.273. The Kier molecular flexibility index (Phi) is 7.24. The van der Waals surface area contributed by atoms with E-state index in [-0.39, 0.29) is 22.8 Å². The molecule has 0 aliphatic carbocycles. The predicted molar refractivity (Wildman–Crippen MR) is 123 cm³/mol. The van der Waals surface area contributed by atoms with Crippen LogP contribution in [0.25, 0.3) is 17.1 Å². The smallest absolute Gasteiger partial charge is 0.331 e. The van der Waals surface area contributed by atoms with Crippen LogP contribution in [0, 0.1) is 10.1 Å². The molecule has 0 spiro atoms. The number of sulfonamides is 1. The zero-order chi connectivity index (χ0) is 24.2. The largest absolute Gasteiger partial charge is 0.454 e. The molecule has 1 heterocycles. The summed E-state index contributed by atoms with van der Waals surface area (Å²) in [4.78, 5) is 27.4. The number of nitro groups is 1. The van der Waals surface area contributed by atoms with Gasteiger partial charge >= 0.3 is 5.97 Å². The monoisotopic (exact) mass is 472 g/mol. The molecule has 3 rings (SSSR count). The van der Waals surface area contributed by atoms with E-state index >= 15 is 0 Å². The molecule has 0 fully saturated rings. The standard InChI is InChI=1S/C22H24N4O6S/c1-4-13-25-20-11-10-17(33(30,31)24(2)3)14-18(20)23-21(25)15-32-22(27)12-9-16-7-5-6-8-19(16)26(28)29/h5-12,14H,4,13,15H2,1-3H3/b12-9+. The number of aromatic nitrogens is 2. The van der Waals surface area contributed by atoms with E-state index in [1.807, 2.05) is 11.5 Å². The van der Waals surface area contributed by atoms with Crippen molar-refractivity contribution in [2.75, 3.05) is 14.1 Å². The third kappa shape index (κ3) is 5.26. The van der Waals surface area contributed by atoms with Crippen LogP contribution in [0.1, 0.15) is 24.7 Å². The second-order valence-corrected chi connectivity index (χ2v) is 9.53. The van der Waals surface area contributed by atoms with Crippen molar-refractivity contribution in [3.8, 4) is 0 Å². The van der Waals surface area contributed by atoms with E-state index in [0.29, 0.717) is 17.9 Å². The molecule has 10 nitrogen and oxygen atoms in total. The van der Waals surface area contributed by atoms with Crippen LogP contribution in [0.5, 0.6) is 0 Å². The van der Waals surface area contributed by atoms with Gasteiger partial charge in [0.2, 0.25) is 10.0 Å². The lowest BCUT2D eigenvalue weighted by atomic mass is 10.1. The van der Waals surface area contributed by atoms with Gasteiger partial charge in [-0.2, -0.15) is 0 Å². The maximum atomic E-state index is 12.4. The van der Waals surface area contributed by atoms with E-state index in [1.54, 1.807) is 18.2 Å². The first kappa shape index (κ1) is 24.1. The van der Waals surface area contributed by atoms with Crippen molar-refractivity contribution in [3.63, 3.8) is 0 Å². The number of nitro benzene ring substituents is 1. The van der Waals surface area contributed by atoms with E-state index in [2.05, 4.69) is 4.98 Å². The van der Waals surface area contributed by atoms with Crippen LogP contribution < -0.4 is 0 Å². The van der Waals surface area contributed by atoms with Crippen molar-refractivity contribution >= 4 is 38.8 Å². The quantitative estimate of drug-likeness (QED) is 0.202. The number of nitrogens with zero attached hydrogens (tertiary/aromatic N) is 4. The summed E-state index contributed by atoms with van der Waals surface area (Å²) in [6.45, 7) is 2.46. The Hall–Kier alpha value is -3.57. The number of hydrogen-bond donors (Lipinski definition) is 0. The average Bonchev–Trinajstić information content (AvgIpc) is 3.13. The van der Waals surface area contributed by atoms with Gasteiger partial charge < -0.3 is 9.30 Å². The lowest BCUT2D eigenvalue weighted by molar-refractivity contribution is -0.385. The van der Waals surface area contributed by atoms with Crippen LogP contribution >= 0.6 is 0 Å². The van der Waals surface area contributed by atoms with E-state index in [9.17, 15) is 23.3 Å².